The maximum absolute atomic E-state index is 8.80. The summed E-state index contributed by atoms with van der Waals surface area (Å²) in [4.78, 5) is 7.91. The zero-order chi connectivity index (χ0) is 10.5. The number of rotatable bonds is 2. The minimum Gasteiger partial charge on any atom is -0.472 e. The van der Waals surface area contributed by atoms with E-state index >= 15 is 0 Å². The third-order valence-electron chi connectivity index (χ3n) is 2.34. The molecule has 0 aliphatic carbocycles. The van der Waals surface area contributed by atoms with E-state index in [0.29, 0.717) is 5.88 Å². The van der Waals surface area contributed by atoms with Crippen LogP contribution in [0.4, 0.5) is 0 Å². The summed E-state index contributed by atoms with van der Waals surface area (Å²) >= 11 is 0. The van der Waals surface area contributed by atoms with E-state index in [0.717, 1.165) is 25.9 Å². The van der Waals surface area contributed by atoms with Crippen LogP contribution in [0.25, 0.3) is 0 Å². The SMILES string of the molecule is N#Cc1nccnc1OC1CCNCC1. The van der Waals surface area contributed by atoms with Gasteiger partial charge in [-0.2, -0.15) is 5.26 Å². The van der Waals surface area contributed by atoms with Crippen LogP contribution in [-0.4, -0.2) is 29.2 Å². The van der Waals surface area contributed by atoms with Gasteiger partial charge in [0, 0.05) is 12.4 Å². The van der Waals surface area contributed by atoms with Crippen molar-refractivity contribution in [3.05, 3.63) is 18.1 Å². The van der Waals surface area contributed by atoms with E-state index < -0.39 is 0 Å². The predicted molar refractivity (Wildman–Crippen MR) is 53.3 cm³/mol. The van der Waals surface area contributed by atoms with Gasteiger partial charge >= 0.3 is 0 Å². The average Bonchev–Trinajstić information content (AvgIpc) is 2.31. The second kappa shape index (κ2) is 4.71. The van der Waals surface area contributed by atoms with E-state index in [1.165, 1.54) is 12.4 Å². The molecular formula is C10H12N4O. The van der Waals surface area contributed by atoms with E-state index in [2.05, 4.69) is 15.3 Å². The van der Waals surface area contributed by atoms with Crippen molar-refractivity contribution in [2.24, 2.45) is 0 Å². The first kappa shape index (κ1) is 9.87. The molecule has 0 bridgehead atoms. The van der Waals surface area contributed by atoms with Crippen LogP contribution in [0, 0.1) is 11.3 Å². The molecule has 1 aliphatic heterocycles. The van der Waals surface area contributed by atoms with Crippen LogP contribution in [0.15, 0.2) is 12.4 Å². The van der Waals surface area contributed by atoms with Crippen molar-refractivity contribution in [2.45, 2.75) is 18.9 Å². The Labute approximate surface area is 88.1 Å². The van der Waals surface area contributed by atoms with Crippen molar-refractivity contribution in [3.63, 3.8) is 0 Å². The smallest absolute Gasteiger partial charge is 0.251 e. The summed E-state index contributed by atoms with van der Waals surface area (Å²) in [6.07, 6.45) is 5.07. The van der Waals surface area contributed by atoms with Crippen molar-refractivity contribution < 1.29 is 4.74 Å². The van der Waals surface area contributed by atoms with Crippen LogP contribution in [-0.2, 0) is 0 Å². The third kappa shape index (κ3) is 2.42. The lowest BCUT2D eigenvalue weighted by Crippen LogP contribution is -2.34. The number of nitrogens with zero attached hydrogens (tertiary/aromatic N) is 3. The van der Waals surface area contributed by atoms with E-state index in [1.54, 1.807) is 0 Å². The molecular weight excluding hydrogens is 192 g/mol. The minimum absolute atomic E-state index is 0.148. The Hall–Kier alpha value is -1.67. The van der Waals surface area contributed by atoms with Crippen LogP contribution in [0.2, 0.25) is 0 Å². The van der Waals surface area contributed by atoms with Gasteiger partial charge in [0.25, 0.3) is 5.88 Å². The topological polar surface area (TPSA) is 70.8 Å². The van der Waals surface area contributed by atoms with Gasteiger partial charge in [-0.1, -0.05) is 0 Å². The largest absolute Gasteiger partial charge is 0.472 e. The van der Waals surface area contributed by atoms with Gasteiger partial charge in [-0.25, -0.2) is 9.97 Å². The number of piperidine rings is 1. The normalized spacial score (nSPS) is 17.0. The zero-order valence-corrected chi connectivity index (χ0v) is 8.31. The summed E-state index contributed by atoms with van der Waals surface area (Å²) in [6, 6.07) is 1.97. The second-order valence-electron chi connectivity index (χ2n) is 3.39. The molecule has 1 aromatic rings. The first-order valence-electron chi connectivity index (χ1n) is 4.98. The van der Waals surface area contributed by atoms with Gasteiger partial charge in [0.2, 0.25) is 5.69 Å². The molecule has 0 amide bonds. The maximum atomic E-state index is 8.80. The first-order chi connectivity index (χ1) is 7.40. The fourth-order valence-electron chi connectivity index (χ4n) is 1.56. The fourth-order valence-corrected chi connectivity index (χ4v) is 1.56. The number of hydrogen-bond acceptors (Lipinski definition) is 5. The molecule has 1 aromatic heterocycles. The molecule has 2 heterocycles. The second-order valence-corrected chi connectivity index (χ2v) is 3.39. The molecule has 2 rings (SSSR count). The summed E-state index contributed by atoms with van der Waals surface area (Å²) in [6.45, 7) is 1.90. The molecule has 0 atom stereocenters. The number of aromatic nitrogens is 2. The number of nitriles is 1. The van der Waals surface area contributed by atoms with Crippen molar-refractivity contribution >= 4 is 0 Å². The maximum Gasteiger partial charge on any atom is 0.251 e. The first-order valence-corrected chi connectivity index (χ1v) is 4.98. The lowest BCUT2D eigenvalue weighted by molar-refractivity contribution is 0.154. The van der Waals surface area contributed by atoms with Gasteiger partial charge in [-0.15, -0.1) is 0 Å². The number of ether oxygens (including phenoxy) is 1. The number of nitrogens with one attached hydrogen (secondary N) is 1. The highest BCUT2D eigenvalue weighted by Gasteiger charge is 2.17. The molecule has 78 valence electrons. The van der Waals surface area contributed by atoms with Gasteiger partial charge in [-0.05, 0) is 25.9 Å². The van der Waals surface area contributed by atoms with Gasteiger partial charge in [-0.3, -0.25) is 0 Å². The standard InChI is InChI=1S/C10H12N4O/c11-7-9-10(14-6-5-13-9)15-8-1-3-12-4-2-8/h5-6,8,12H,1-4H2. The van der Waals surface area contributed by atoms with Gasteiger partial charge in [0.15, 0.2) is 0 Å². The lowest BCUT2D eigenvalue weighted by atomic mass is 10.1. The lowest BCUT2D eigenvalue weighted by Gasteiger charge is -2.23. The molecule has 5 heteroatoms. The van der Waals surface area contributed by atoms with Crippen LogP contribution < -0.4 is 10.1 Å². The van der Waals surface area contributed by atoms with E-state index in [4.69, 9.17) is 10.00 Å². The monoisotopic (exact) mass is 204 g/mol. The quantitative estimate of drug-likeness (QED) is 0.758. The van der Waals surface area contributed by atoms with Gasteiger partial charge in [0.1, 0.15) is 12.2 Å². The zero-order valence-electron chi connectivity index (χ0n) is 8.31. The summed E-state index contributed by atoms with van der Waals surface area (Å²) in [5, 5.41) is 12.1. The molecule has 1 aliphatic rings. The molecule has 0 saturated carbocycles. The van der Waals surface area contributed by atoms with Crippen LogP contribution in [0.3, 0.4) is 0 Å². The predicted octanol–water partition coefficient (Wildman–Crippen LogP) is 0.479. The van der Waals surface area contributed by atoms with Crippen LogP contribution >= 0.6 is 0 Å². The van der Waals surface area contributed by atoms with Crippen molar-refractivity contribution in [2.75, 3.05) is 13.1 Å². The summed E-state index contributed by atoms with van der Waals surface area (Å²) < 4.78 is 5.64. The highest BCUT2D eigenvalue weighted by Crippen LogP contribution is 2.15. The highest BCUT2D eigenvalue weighted by atomic mass is 16.5. The average molecular weight is 204 g/mol. The van der Waals surface area contributed by atoms with E-state index in [1.807, 2.05) is 6.07 Å². The van der Waals surface area contributed by atoms with Gasteiger partial charge < -0.3 is 10.1 Å². The molecule has 1 N–H and O–H groups in total. The van der Waals surface area contributed by atoms with E-state index in [9.17, 15) is 0 Å². The molecule has 1 fully saturated rings. The van der Waals surface area contributed by atoms with Crippen molar-refractivity contribution in [3.8, 4) is 11.9 Å². The summed E-state index contributed by atoms with van der Waals surface area (Å²) in [7, 11) is 0. The summed E-state index contributed by atoms with van der Waals surface area (Å²) in [5.41, 5.74) is 0.260. The fraction of sp³-hybridized carbons (Fsp3) is 0.500. The Morgan fingerprint density at radius 2 is 2.07 bits per heavy atom. The third-order valence-corrected chi connectivity index (χ3v) is 2.34. The molecule has 0 unspecified atom stereocenters. The molecule has 1 saturated heterocycles. The van der Waals surface area contributed by atoms with E-state index in [-0.39, 0.29) is 11.8 Å². The van der Waals surface area contributed by atoms with Crippen molar-refractivity contribution in [1.29, 1.82) is 5.26 Å². The Morgan fingerprint density at radius 1 is 1.33 bits per heavy atom. The molecule has 0 spiro atoms. The molecule has 0 aromatic carbocycles. The highest BCUT2D eigenvalue weighted by molar-refractivity contribution is 5.30. The Kier molecular flexibility index (Phi) is 3.10. The minimum atomic E-state index is 0.148. The van der Waals surface area contributed by atoms with Crippen molar-refractivity contribution in [1.82, 2.24) is 15.3 Å². The van der Waals surface area contributed by atoms with Gasteiger partial charge in [0.05, 0.1) is 0 Å². The molecule has 5 nitrogen and oxygen atoms in total. The van der Waals surface area contributed by atoms with Crippen LogP contribution in [0.1, 0.15) is 18.5 Å². The molecule has 0 radical (unpaired) electrons. The number of hydrogen-bond donors (Lipinski definition) is 1. The summed E-state index contributed by atoms with van der Waals surface area (Å²) in [5.74, 6) is 0.354. The Bertz CT molecular complexity index is 368. The Morgan fingerprint density at radius 3 is 2.80 bits per heavy atom. The van der Waals surface area contributed by atoms with Crippen LogP contribution in [0.5, 0.6) is 5.88 Å². The molecule has 15 heavy (non-hydrogen) atoms. The Balaban J connectivity index is 2.06.